The topological polar surface area (TPSA) is 95.8 Å². The fourth-order valence-electron chi connectivity index (χ4n) is 3.47. The molecule has 11 heteroatoms. The number of amides is 1. The third kappa shape index (κ3) is 4.90. The van der Waals surface area contributed by atoms with Crippen LogP contribution in [0.15, 0.2) is 39.6 Å². The summed E-state index contributed by atoms with van der Waals surface area (Å²) in [4.78, 5) is 33.3. The van der Waals surface area contributed by atoms with Gasteiger partial charge < -0.3 is 14.4 Å². The number of nitrogens with zero attached hydrogens (tertiary/aromatic N) is 5. The van der Waals surface area contributed by atoms with Gasteiger partial charge in [0, 0.05) is 63.1 Å². The minimum Gasteiger partial charge on any atom is -0.346 e. The Kier molecular flexibility index (Phi) is 7.27. The van der Waals surface area contributed by atoms with Crippen molar-refractivity contribution in [1.82, 2.24) is 18.8 Å². The number of thiazole rings is 1. The number of anilines is 1. The molecule has 0 saturated carbocycles. The predicted molar refractivity (Wildman–Crippen MR) is 116 cm³/mol. The summed E-state index contributed by atoms with van der Waals surface area (Å²) >= 11 is 1.57. The van der Waals surface area contributed by atoms with Crippen molar-refractivity contribution >= 4 is 32.4 Å². The molecule has 0 bridgehead atoms. The first-order chi connectivity index (χ1) is 14.4. The Balaban J connectivity index is 1.73. The Bertz CT molecular complexity index is 1020. The number of carbonyl (C=O) groups excluding carboxylic acids is 1. The van der Waals surface area contributed by atoms with Crippen LogP contribution < -0.4 is 10.5 Å². The monoisotopic (exact) mass is 453 g/mol. The Morgan fingerprint density at radius 1 is 1.17 bits per heavy atom. The van der Waals surface area contributed by atoms with Gasteiger partial charge in [-0.25, -0.2) is 13.4 Å². The van der Waals surface area contributed by atoms with E-state index in [1.165, 1.54) is 27.2 Å². The maximum atomic E-state index is 12.8. The highest BCUT2D eigenvalue weighted by Gasteiger charge is 2.24. The largest absolute Gasteiger partial charge is 0.346 e. The summed E-state index contributed by atoms with van der Waals surface area (Å²) in [7, 11) is -3.70. The highest BCUT2D eigenvalue weighted by atomic mass is 32.2. The quantitative estimate of drug-likeness (QED) is 0.622. The van der Waals surface area contributed by atoms with E-state index in [4.69, 9.17) is 0 Å². The van der Waals surface area contributed by atoms with Crippen molar-refractivity contribution in [1.29, 1.82) is 0 Å². The van der Waals surface area contributed by atoms with Crippen LogP contribution >= 0.6 is 11.3 Å². The first-order valence-corrected chi connectivity index (χ1v) is 12.3. The number of hydrogen-bond donors (Lipinski definition) is 0. The number of pyridine rings is 1. The van der Waals surface area contributed by atoms with Crippen LogP contribution in [0.4, 0.5) is 5.13 Å². The molecule has 164 valence electrons. The number of aromatic nitrogens is 2. The molecule has 2 aromatic heterocycles. The van der Waals surface area contributed by atoms with E-state index in [0.29, 0.717) is 32.7 Å². The highest BCUT2D eigenvalue weighted by Crippen LogP contribution is 2.19. The molecule has 0 atom stereocenters. The standard InChI is InChI=1S/C19H27N5O4S2/c1-3-24(4-2)30(27,28)16-6-7-17(25)23(14-16)15-18(26)21-9-5-10-22(12-11-21)19-20-8-13-29-19/h6-8,13-14H,3-5,9-12,15H2,1-2H3. The van der Waals surface area contributed by atoms with Crippen molar-refractivity contribution in [2.24, 2.45) is 0 Å². The molecule has 3 rings (SSSR count). The minimum atomic E-state index is -3.70. The molecule has 2 aromatic rings. The maximum absolute atomic E-state index is 12.8. The number of rotatable bonds is 7. The average molecular weight is 454 g/mol. The first kappa shape index (κ1) is 22.4. The zero-order chi connectivity index (χ0) is 21.7. The zero-order valence-corrected chi connectivity index (χ0v) is 18.9. The Morgan fingerprint density at radius 3 is 2.60 bits per heavy atom. The lowest BCUT2D eigenvalue weighted by Gasteiger charge is -2.22. The van der Waals surface area contributed by atoms with Crippen molar-refractivity contribution in [3.63, 3.8) is 0 Å². The molecule has 0 unspecified atom stereocenters. The van der Waals surface area contributed by atoms with E-state index in [1.807, 2.05) is 5.38 Å². The fraction of sp³-hybridized carbons (Fsp3) is 0.526. The summed E-state index contributed by atoms with van der Waals surface area (Å²) in [6, 6.07) is 2.51. The van der Waals surface area contributed by atoms with Crippen LogP contribution in [0.25, 0.3) is 0 Å². The average Bonchev–Trinajstić information content (AvgIpc) is 3.14. The van der Waals surface area contributed by atoms with Crippen LogP contribution in [-0.2, 0) is 21.4 Å². The zero-order valence-electron chi connectivity index (χ0n) is 17.2. The molecule has 9 nitrogen and oxygen atoms in total. The van der Waals surface area contributed by atoms with E-state index in [-0.39, 0.29) is 17.3 Å². The fourth-order valence-corrected chi connectivity index (χ4v) is 5.65. The Hall–Kier alpha value is -2.24. The maximum Gasteiger partial charge on any atom is 0.251 e. The minimum absolute atomic E-state index is 0.0180. The summed E-state index contributed by atoms with van der Waals surface area (Å²) < 4.78 is 28.0. The molecule has 1 aliphatic rings. The van der Waals surface area contributed by atoms with Gasteiger partial charge in [0.1, 0.15) is 6.54 Å². The van der Waals surface area contributed by atoms with Gasteiger partial charge in [-0.15, -0.1) is 11.3 Å². The van der Waals surface area contributed by atoms with Gasteiger partial charge in [0.25, 0.3) is 5.56 Å². The van der Waals surface area contributed by atoms with Crippen LogP contribution in [0.1, 0.15) is 20.3 Å². The second-order valence-corrected chi connectivity index (χ2v) is 9.77. The smallest absolute Gasteiger partial charge is 0.251 e. The van der Waals surface area contributed by atoms with E-state index in [2.05, 4.69) is 9.88 Å². The van der Waals surface area contributed by atoms with Crippen molar-refractivity contribution in [2.75, 3.05) is 44.2 Å². The highest BCUT2D eigenvalue weighted by molar-refractivity contribution is 7.89. The third-order valence-corrected chi connectivity index (χ3v) is 8.01. The molecule has 0 aliphatic carbocycles. The van der Waals surface area contributed by atoms with Crippen molar-refractivity contribution in [2.45, 2.75) is 31.7 Å². The van der Waals surface area contributed by atoms with E-state index in [0.717, 1.165) is 18.1 Å². The second kappa shape index (κ2) is 9.71. The second-order valence-electron chi connectivity index (χ2n) is 6.96. The van der Waals surface area contributed by atoms with Crippen molar-refractivity contribution in [3.8, 4) is 0 Å². The molecule has 1 fully saturated rings. The lowest BCUT2D eigenvalue weighted by Crippen LogP contribution is -2.39. The van der Waals surface area contributed by atoms with Crippen LogP contribution in [0.5, 0.6) is 0 Å². The molecule has 0 aromatic carbocycles. The molecular formula is C19H27N5O4S2. The van der Waals surface area contributed by atoms with Gasteiger partial charge >= 0.3 is 0 Å². The molecule has 0 radical (unpaired) electrons. The summed E-state index contributed by atoms with van der Waals surface area (Å²) in [5.41, 5.74) is -0.402. The van der Waals surface area contributed by atoms with E-state index in [9.17, 15) is 18.0 Å². The van der Waals surface area contributed by atoms with Crippen LogP contribution in [0.2, 0.25) is 0 Å². The van der Waals surface area contributed by atoms with Gasteiger partial charge in [-0.3, -0.25) is 9.59 Å². The third-order valence-electron chi connectivity index (χ3n) is 5.14. The summed E-state index contributed by atoms with van der Waals surface area (Å²) in [5.74, 6) is -0.199. The molecular weight excluding hydrogens is 426 g/mol. The SMILES string of the molecule is CCN(CC)S(=O)(=O)c1ccc(=O)n(CC(=O)N2CCCN(c3nccs3)CC2)c1. The lowest BCUT2D eigenvalue weighted by atomic mass is 10.3. The van der Waals surface area contributed by atoms with Crippen molar-refractivity contribution < 1.29 is 13.2 Å². The number of hydrogen-bond acceptors (Lipinski definition) is 7. The van der Waals surface area contributed by atoms with Gasteiger partial charge in [0.15, 0.2) is 5.13 Å². The van der Waals surface area contributed by atoms with Crippen LogP contribution in [-0.4, -0.2) is 72.3 Å². The molecule has 0 spiro atoms. The summed E-state index contributed by atoms with van der Waals surface area (Å²) in [6.07, 6.45) is 3.84. The predicted octanol–water partition coefficient (Wildman–Crippen LogP) is 1.07. The molecule has 1 aliphatic heterocycles. The van der Waals surface area contributed by atoms with Crippen molar-refractivity contribution in [3.05, 3.63) is 40.3 Å². The summed E-state index contributed by atoms with van der Waals surface area (Å²) in [6.45, 7) is 6.61. The molecule has 1 saturated heterocycles. The molecule has 3 heterocycles. The van der Waals surface area contributed by atoms with Gasteiger partial charge in [0.05, 0.1) is 4.90 Å². The summed E-state index contributed by atoms with van der Waals surface area (Å²) in [5, 5.41) is 2.87. The van der Waals surface area contributed by atoms with E-state index in [1.54, 1.807) is 36.3 Å². The van der Waals surface area contributed by atoms with Gasteiger partial charge in [-0.05, 0) is 12.5 Å². The molecule has 30 heavy (non-hydrogen) atoms. The van der Waals surface area contributed by atoms with Crippen LogP contribution in [0, 0.1) is 0 Å². The molecule has 0 N–H and O–H groups in total. The van der Waals surface area contributed by atoms with Gasteiger partial charge in [-0.2, -0.15) is 4.31 Å². The van der Waals surface area contributed by atoms with Crippen LogP contribution in [0.3, 0.4) is 0 Å². The number of carbonyl (C=O) groups is 1. The molecule has 1 amide bonds. The van der Waals surface area contributed by atoms with E-state index >= 15 is 0 Å². The number of sulfonamides is 1. The Labute approximate surface area is 180 Å². The van der Waals surface area contributed by atoms with Gasteiger partial charge in [-0.1, -0.05) is 13.8 Å². The first-order valence-electron chi connectivity index (χ1n) is 9.99. The van der Waals surface area contributed by atoms with Gasteiger partial charge in [0.2, 0.25) is 15.9 Å². The normalized spacial score (nSPS) is 15.4. The lowest BCUT2D eigenvalue weighted by molar-refractivity contribution is -0.131. The Morgan fingerprint density at radius 2 is 1.93 bits per heavy atom. The van der Waals surface area contributed by atoms with E-state index < -0.39 is 15.6 Å².